The first-order valence-electron chi connectivity index (χ1n) is 11.0. The molecule has 5 rings (SSSR count). The zero-order chi connectivity index (χ0) is 22.3. The number of anilines is 1. The van der Waals surface area contributed by atoms with Gasteiger partial charge < -0.3 is 25.5 Å². The average molecular weight is 433 g/mol. The third kappa shape index (κ3) is 3.33. The van der Waals surface area contributed by atoms with Gasteiger partial charge in [-0.15, -0.1) is 0 Å². The van der Waals surface area contributed by atoms with Crippen LogP contribution in [0.2, 0.25) is 0 Å². The number of hydrogen-bond acceptors (Lipinski definition) is 7. The third-order valence-corrected chi connectivity index (χ3v) is 7.00. The van der Waals surface area contributed by atoms with Gasteiger partial charge in [-0.3, -0.25) is 0 Å². The molecule has 166 valence electrons. The van der Waals surface area contributed by atoms with Crippen LogP contribution in [-0.4, -0.2) is 62.9 Å². The van der Waals surface area contributed by atoms with Crippen LogP contribution in [0.25, 0.3) is 5.57 Å². The van der Waals surface area contributed by atoms with E-state index in [9.17, 15) is 15.3 Å². The van der Waals surface area contributed by atoms with Crippen LogP contribution in [0.4, 0.5) is 5.69 Å². The Hall–Kier alpha value is -3.00. The van der Waals surface area contributed by atoms with Crippen LogP contribution >= 0.6 is 0 Å². The summed E-state index contributed by atoms with van der Waals surface area (Å²) < 4.78 is 0. The molecule has 1 saturated carbocycles. The summed E-state index contributed by atoms with van der Waals surface area (Å²) in [6.45, 7) is 1.76. The Morgan fingerprint density at radius 1 is 1.06 bits per heavy atom. The summed E-state index contributed by atoms with van der Waals surface area (Å²) in [6.07, 6.45) is 1.75. The molecule has 0 aromatic heterocycles. The van der Waals surface area contributed by atoms with Crippen molar-refractivity contribution >= 4 is 23.4 Å². The molecule has 3 aliphatic rings. The minimum absolute atomic E-state index is 0.169. The topological polar surface area (TPSA) is 101 Å². The number of aliphatic hydroxyl groups is 3. The fraction of sp³-hybridized carbons (Fsp3) is 0.360. The highest BCUT2D eigenvalue weighted by Gasteiger charge is 2.57. The molecule has 5 unspecified atom stereocenters. The van der Waals surface area contributed by atoms with E-state index in [-0.39, 0.29) is 24.6 Å². The van der Waals surface area contributed by atoms with E-state index in [0.29, 0.717) is 6.42 Å². The van der Waals surface area contributed by atoms with Crippen molar-refractivity contribution in [3.63, 3.8) is 0 Å². The molecule has 0 bridgehead atoms. The summed E-state index contributed by atoms with van der Waals surface area (Å²) in [5.74, 6) is 0.229. The number of nitrogens with zero attached hydrogens (tertiary/aromatic N) is 3. The van der Waals surface area contributed by atoms with Crippen molar-refractivity contribution in [3.05, 3.63) is 72.4 Å². The Bertz CT molecular complexity index is 1060. The number of hydrogen-bond donors (Lipinski definition) is 4. The number of fused-ring (bicyclic) bond motifs is 1. The van der Waals surface area contributed by atoms with Gasteiger partial charge in [-0.25, -0.2) is 9.98 Å². The van der Waals surface area contributed by atoms with Crippen molar-refractivity contribution in [3.8, 4) is 0 Å². The fourth-order valence-corrected chi connectivity index (χ4v) is 5.26. The van der Waals surface area contributed by atoms with Gasteiger partial charge in [0, 0.05) is 24.4 Å². The summed E-state index contributed by atoms with van der Waals surface area (Å²) in [7, 11) is 0. The SMILES string of the molecule is C[C@@]1(N2C=C(c3ccccc3)C3C(Nc4ccccc4)=NC=NC32)CC(CO)C(O)C1O. The van der Waals surface area contributed by atoms with Gasteiger partial charge in [0.2, 0.25) is 0 Å². The zero-order valence-electron chi connectivity index (χ0n) is 17.9. The number of nitrogens with one attached hydrogen (secondary N) is 1. The lowest BCUT2D eigenvalue weighted by Gasteiger charge is -2.43. The first-order valence-corrected chi connectivity index (χ1v) is 11.0. The lowest BCUT2D eigenvalue weighted by Crippen LogP contribution is -2.55. The van der Waals surface area contributed by atoms with Crippen LogP contribution in [0.3, 0.4) is 0 Å². The smallest absolute Gasteiger partial charge is 0.137 e. The molecule has 2 aliphatic heterocycles. The van der Waals surface area contributed by atoms with Crippen molar-refractivity contribution < 1.29 is 15.3 Å². The van der Waals surface area contributed by atoms with Gasteiger partial charge in [-0.1, -0.05) is 48.5 Å². The van der Waals surface area contributed by atoms with Crippen molar-refractivity contribution in [1.29, 1.82) is 0 Å². The standard InChI is InChI=1S/C25H28N4O3/c1-25(12-17(14-30)21(31)22(25)32)29-13-19(16-8-4-2-5-9-16)20-23(26-15-27-24(20)29)28-18-10-6-3-7-11-18/h2-11,13,15,17,20-22,24,30-32H,12,14H2,1H3,(H,26,27,28)/t17?,20?,21?,22?,24?,25-/m1/s1. The quantitative estimate of drug-likeness (QED) is 0.594. The zero-order valence-corrected chi connectivity index (χ0v) is 17.9. The van der Waals surface area contributed by atoms with Crippen LogP contribution in [0.5, 0.6) is 0 Å². The maximum absolute atomic E-state index is 11.0. The number of benzene rings is 2. The maximum atomic E-state index is 11.0. The largest absolute Gasteiger partial charge is 0.396 e. The van der Waals surface area contributed by atoms with Crippen LogP contribution in [0, 0.1) is 11.8 Å². The molecule has 2 heterocycles. The fourth-order valence-electron chi connectivity index (χ4n) is 5.26. The van der Waals surface area contributed by atoms with Gasteiger partial charge in [0.1, 0.15) is 24.4 Å². The Morgan fingerprint density at radius 2 is 1.75 bits per heavy atom. The number of para-hydroxylation sites is 1. The van der Waals surface area contributed by atoms with E-state index in [1.807, 2.05) is 61.7 Å². The number of aliphatic hydroxyl groups excluding tert-OH is 3. The molecule has 0 saturated heterocycles. The van der Waals surface area contributed by atoms with E-state index < -0.39 is 17.7 Å². The molecule has 0 radical (unpaired) electrons. The van der Waals surface area contributed by atoms with Gasteiger partial charge in [0.25, 0.3) is 0 Å². The molecule has 32 heavy (non-hydrogen) atoms. The lowest BCUT2D eigenvalue weighted by atomic mass is 9.90. The van der Waals surface area contributed by atoms with E-state index in [1.165, 1.54) is 0 Å². The summed E-state index contributed by atoms with van der Waals surface area (Å²) in [5.41, 5.74) is 2.26. The molecule has 1 aliphatic carbocycles. The highest BCUT2D eigenvalue weighted by Crippen LogP contribution is 2.48. The summed E-state index contributed by atoms with van der Waals surface area (Å²) in [6, 6.07) is 20.0. The maximum Gasteiger partial charge on any atom is 0.137 e. The molecule has 1 fully saturated rings. The minimum Gasteiger partial charge on any atom is -0.396 e. The predicted octanol–water partition coefficient (Wildman–Crippen LogP) is 2.33. The van der Waals surface area contributed by atoms with Gasteiger partial charge in [-0.05, 0) is 36.6 Å². The normalized spacial score (nSPS) is 33.6. The molecule has 7 nitrogen and oxygen atoms in total. The van der Waals surface area contributed by atoms with Crippen molar-refractivity contribution in [2.75, 3.05) is 11.9 Å². The van der Waals surface area contributed by atoms with Crippen LogP contribution < -0.4 is 5.32 Å². The first kappa shape index (κ1) is 20.9. The van der Waals surface area contributed by atoms with E-state index >= 15 is 0 Å². The molecule has 4 N–H and O–H groups in total. The third-order valence-electron chi connectivity index (χ3n) is 7.00. The average Bonchev–Trinajstić information content (AvgIpc) is 3.33. The molecular formula is C25H28N4O3. The van der Waals surface area contributed by atoms with Crippen LogP contribution in [0.1, 0.15) is 18.9 Å². The van der Waals surface area contributed by atoms with Crippen molar-refractivity contribution in [1.82, 2.24) is 4.90 Å². The van der Waals surface area contributed by atoms with Crippen molar-refractivity contribution in [2.24, 2.45) is 21.8 Å². The molecule has 0 spiro atoms. The minimum atomic E-state index is -1.01. The second-order valence-corrected chi connectivity index (χ2v) is 8.96. The monoisotopic (exact) mass is 432 g/mol. The van der Waals surface area contributed by atoms with Crippen LogP contribution in [0.15, 0.2) is 76.8 Å². The van der Waals surface area contributed by atoms with E-state index in [2.05, 4.69) is 27.3 Å². The Kier molecular flexibility index (Phi) is 5.33. The summed E-state index contributed by atoms with van der Waals surface area (Å²) >= 11 is 0. The number of rotatable bonds is 4. The van der Waals surface area contributed by atoms with Gasteiger partial charge >= 0.3 is 0 Å². The second kappa shape index (κ2) is 8.16. The van der Waals surface area contributed by atoms with Gasteiger partial charge in [0.05, 0.1) is 17.6 Å². The second-order valence-electron chi connectivity index (χ2n) is 8.96. The summed E-state index contributed by atoms with van der Waals surface area (Å²) in [4.78, 5) is 11.4. The number of aliphatic imine (C=N–C) groups is 2. The molecule has 0 amide bonds. The highest BCUT2D eigenvalue weighted by molar-refractivity contribution is 6.09. The van der Waals surface area contributed by atoms with E-state index in [1.54, 1.807) is 6.34 Å². The highest BCUT2D eigenvalue weighted by atomic mass is 16.3. The van der Waals surface area contributed by atoms with Gasteiger partial charge in [-0.2, -0.15) is 0 Å². The Balaban J connectivity index is 1.56. The first-order chi connectivity index (χ1) is 15.5. The molecular weight excluding hydrogens is 404 g/mol. The van der Waals surface area contributed by atoms with E-state index in [4.69, 9.17) is 4.99 Å². The summed E-state index contributed by atoms with van der Waals surface area (Å²) in [5, 5.41) is 34.7. The number of amidine groups is 1. The predicted molar refractivity (Wildman–Crippen MR) is 125 cm³/mol. The lowest BCUT2D eigenvalue weighted by molar-refractivity contribution is -0.0467. The van der Waals surface area contributed by atoms with E-state index in [0.717, 1.165) is 22.7 Å². The molecule has 2 aromatic rings. The Labute approximate surface area is 187 Å². The van der Waals surface area contributed by atoms with Crippen LogP contribution in [-0.2, 0) is 0 Å². The van der Waals surface area contributed by atoms with Crippen molar-refractivity contribution in [2.45, 2.75) is 37.3 Å². The molecule has 6 atom stereocenters. The van der Waals surface area contributed by atoms with Gasteiger partial charge in [0.15, 0.2) is 0 Å². The Morgan fingerprint density at radius 3 is 2.41 bits per heavy atom. The molecule has 7 heteroatoms. The molecule has 2 aromatic carbocycles.